The molecule has 1 atom stereocenters. The first-order chi connectivity index (χ1) is 12.1. The van der Waals surface area contributed by atoms with Crippen LogP contribution in [0.5, 0.6) is 0 Å². The van der Waals surface area contributed by atoms with Crippen LogP contribution >= 0.6 is 0 Å². The lowest BCUT2D eigenvalue weighted by molar-refractivity contribution is 0.129. The second kappa shape index (κ2) is 6.17. The number of hydrogen-bond donors (Lipinski definition) is 2. The van der Waals surface area contributed by atoms with Crippen LogP contribution in [-0.2, 0) is 5.11 Å². The molecule has 0 aliphatic heterocycles. The zero-order valence-electron chi connectivity index (χ0n) is 14.5. The van der Waals surface area contributed by atoms with Gasteiger partial charge in [0.25, 0.3) is 0 Å². The van der Waals surface area contributed by atoms with E-state index in [-0.39, 0.29) is 6.61 Å². The molecule has 0 fully saturated rings. The minimum Gasteiger partial charge on any atom is -0.365 e. The fourth-order valence-electron chi connectivity index (χ4n) is 3.78. The molecule has 4 aromatic rings. The van der Waals surface area contributed by atoms with E-state index in [0.717, 1.165) is 23.9 Å². The van der Waals surface area contributed by atoms with Gasteiger partial charge in [-0.05, 0) is 45.8 Å². The van der Waals surface area contributed by atoms with Gasteiger partial charge in [0.1, 0.15) is 12.3 Å². The summed E-state index contributed by atoms with van der Waals surface area (Å²) >= 11 is 0. The molecule has 1 radical (unpaired) electrons. The first kappa shape index (κ1) is 16.1. The highest BCUT2D eigenvalue weighted by Gasteiger charge is 2.25. The first-order valence-electron chi connectivity index (χ1n) is 8.97. The van der Waals surface area contributed by atoms with Crippen molar-refractivity contribution in [3.05, 3.63) is 54.6 Å². The summed E-state index contributed by atoms with van der Waals surface area (Å²) in [7, 11) is 0. The molecule has 3 heteroatoms. The molecule has 0 spiro atoms. The second-order valence-electron chi connectivity index (χ2n) is 7.00. The van der Waals surface area contributed by atoms with Crippen molar-refractivity contribution in [1.29, 1.82) is 0 Å². The van der Waals surface area contributed by atoms with Crippen molar-refractivity contribution < 1.29 is 5.11 Å². The highest BCUT2D eigenvalue weighted by molar-refractivity contribution is 6.25. The molecule has 0 aliphatic carbocycles. The predicted octanol–water partition coefficient (Wildman–Crippen LogP) is 5.27. The maximum absolute atomic E-state index is 11.7. The largest absolute Gasteiger partial charge is 0.365 e. The number of benzene rings is 4. The smallest absolute Gasteiger partial charge is 0.118 e. The molecule has 25 heavy (non-hydrogen) atoms. The van der Waals surface area contributed by atoms with E-state index in [9.17, 15) is 5.11 Å². The Morgan fingerprint density at radius 1 is 0.920 bits per heavy atom. The zero-order chi connectivity index (χ0) is 17.4. The van der Waals surface area contributed by atoms with E-state index < -0.39 is 5.66 Å². The van der Waals surface area contributed by atoms with Gasteiger partial charge in [-0.1, -0.05) is 61.9 Å². The number of anilines is 1. The summed E-state index contributed by atoms with van der Waals surface area (Å²) in [4.78, 5) is 0. The Morgan fingerprint density at radius 2 is 1.56 bits per heavy atom. The van der Waals surface area contributed by atoms with Crippen LogP contribution in [0.15, 0.2) is 54.6 Å². The molecule has 0 heterocycles. The van der Waals surface area contributed by atoms with E-state index in [1.807, 2.05) is 6.07 Å². The number of unbranched alkanes of at least 4 members (excludes halogenated alkanes) is 1. The summed E-state index contributed by atoms with van der Waals surface area (Å²) in [6.45, 7) is 1.77. The second-order valence-corrected chi connectivity index (χ2v) is 7.00. The van der Waals surface area contributed by atoms with Crippen molar-refractivity contribution in [3.63, 3.8) is 0 Å². The van der Waals surface area contributed by atoms with Crippen LogP contribution in [0.3, 0.4) is 0 Å². The molecule has 3 N–H and O–H groups in total. The molecule has 0 saturated heterocycles. The van der Waals surface area contributed by atoms with Crippen LogP contribution in [0.2, 0.25) is 0 Å². The van der Waals surface area contributed by atoms with Gasteiger partial charge in [-0.15, -0.1) is 0 Å². The Labute approximate surface area is 147 Å². The van der Waals surface area contributed by atoms with Crippen LogP contribution in [0.1, 0.15) is 26.2 Å². The Hall–Kier alpha value is -2.36. The number of rotatable bonds is 6. The fraction of sp³-hybridized carbons (Fsp3) is 0.273. The van der Waals surface area contributed by atoms with Crippen molar-refractivity contribution in [3.8, 4) is 0 Å². The van der Waals surface area contributed by atoms with Gasteiger partial charge in [0.2, 0.25) is 0 Å². The zero-order valence-corrected chi connectivity index (χ0v) is 14.5. The Morgan fingerprint density at radius 3 is 2.24 bits per heavy atom. The molecule has 4 rings (SSSR count). The van der Waals surface area contributed by atoms with Gasteiger partial charge in [0, 0.05) is 11.1 Å². The molecule has 0 bridgehead atoms. The quantitative estimate of drug-likeness (QED) is 0.373. The lowest BCUT2D eigenvalue weighted by Gasteiger charge is -2.30. The van der Waals surface area contributed by atoms with Gasteiger partial charge < -0.3 is 11.1 Å². The van der Waals surface area contributed by atoms with E-state index in [2.05, 4.69) is 60.8 Å². The maximum atomic E-state index is 11.7. The van der Waals surface area contributed by atoms with E-state index in [1.165, 1.54) is 26.9 Å². The minimum absolute atomic E-state index is 0.338. The van der Waals surface area contributed by atoms with Gasteiger partial charge in [-0.25, -0.2) is 5.11 Å². The fourth-order valence-corrected chi connectivity index (χ4v) is 3.78. The standard InChI is InChI=1S/C22H23N2O/c1-2-3-13-22(23,14-25)24-19-12-10-17-8-7-15-5-4-6-16-9-11-18(19)21(17)20(15)16/h4-12,24H,2-3,13-14,23H2,1H3. The minimum atomic E-state index is -0.904. The highest BCUT2D eigenvalue weighted by Crippen LogP contribution is 2.38. The molecule has 0 aliphatic rings. The lowest BCUT2D eigenvalue weighted by atomic mass is 9.93. The third-order valence-electron chi connectivity index (χ3n) is 5.15. The van der Waals surface area contributed by atoms with E-state index >= 15 is 0 Å². The van der Waals surface area contributed by atoms with E-state index in [0.29, 0.717) is 6.42 Å². The van der Waals surface area contributed by atoms with Gasteiger partial charge in [0.15, 0.2) is 0 Å². The Balaban J connectivity index is 1.90. The van der Waals surface area contributed by atoms with Gasteiger partial charge in [-0.3, -0.25) is 0 Å². The van der Waals surface area contributed by atoms with Gasteiger partial charge in [-0.2, -0.15) is 0 Å². The third-order valence-corrected chi connectivity index (χ3v) is 5.15. The maximum Gasteiger partial charge on any atom is 0.118 e. The van der Waals surface area contributed by atoms with E-state index in [4.69, 9.17) is 5.73 Å². The summed E-state index contributed by atoms with van der Waals surface area (Å²) in [5, 5.41) is 22.4. The molecular formula is C22H23N2O. The Kier molecular flexibility index (Phi) is 3.98. The van der Waals surface area contributed by atoms with Crippen LogP contribution in [0.25, 0.3) is 32.3 Å². The average Bonchev–Trinajstić information content (AvgIpc) is 2.65. The van der Waals surface area contributed by atoms with Crippen molar-refractivity contribution >= 4 is 38.0 Å². The van der Waals surface area contributed by atoms with Crippen LogP contribution in [0, 0.1) is 0 Å². The van der Waals surface area contributed by atoms with E-state index in [1.54, 1.807) is 0 Å². The van der Waals surface area contributed by atoms with Crippen LogP contribution in [-0.4, -0.2) is 12.3 Å². The monoisotopic (exact) mass is 331 g/mol. The summed E-state index contributed by atoms with van der Waals surface area (Å²) < 4.78 is 0. The summed E-state index contributed by atoms with van der Waals surface area (Å²) in [5.74, 6) is 0. The van der Waals surface area contributed by atoms with Crippen molar-refractivity contribution in [1.82, 2.24) is 0 Å². The highest BCUT2D eigenvalue weighted by atomic mass is 16.3. The predicted molar refractivity (Wildman–Crippen MR) is 106 cm³/mol. The summed E-state index contributed by atoms with van der Waals surface area (Å²) in [6, 6.07) is 19.2. The van der Waals surface area contributed by atoms with Crippen LogP contribution < -0.4 is 11.1 Å². The number of nitrogens with one attached hydrogen (secondary N) is 1. The normalized spacial score (nSPS) is 14.4. The third kappa shape index (κ3) is 2.70. The molecule has 0 amide bonds. The topological polar surface area (TPSA) is 58.0 Å². The van der Waals surface area contributed by atoms with Gasteiger partial charge in [0.05, 0.1) is 0 Å². The summed E-state index contributed by atoms with van der Waals surface area (Å²) in [6.07, 6.45) is 2.64. The molecule has 4 aromatic carbocycles. The first-order valence-corrected chi connectivity index (χ1v) is 8.97. The molecular weight excluding hydrogens is 308 g/mol. The number of hydrogen-bond acceptors (Lipinski definition) is 2. The average molecular weight is 331 g/mol. The van der Waals surface area contributed by atoms with Crippen molar-refractivity contribution in [2.45, 2.75) is 31.8 Å². The SMILES string of the molecule is CCCCC(N)(C[O])Nc1ccc2ccc3cccc4ccc1c2c34. The van der Waals surface area contributed by atoms with Crippen molar-refractivity contribution in [2.75, 3.05) is 11.9 Å². The molecule has 0 aromatic heterocycles. The lowest BCUT2D eigenvalue weighted by Crippen LogP contribution is -2.50. The molecule has 127 valence electrons. The Bertz CT molecular complexity index is 1010. The molecule has 0 saturated carbocycles. The molecule has 3 nitrogen and oxygen atoms in total. The van der Waals surface area contributed by atoms with Gasteiger partial charge >= 0.3 is 0 Å². The van der Waals surface area contributed by atoms with Crippen LogP contribution in [0.4, 0.5) is 5.69 Å². The van der Waals surface area contributed by atoms with Crippen molar-refractivity contribution in [2.24, 2.45) is 5.73 Å². The number of nitrogens with two attached hydrogens (primary N) is 1. The summed E-state index contributed by atoms with van der Waals surface area (Å²) in [5.41, 5.74) is 6.40. The molecule has 1 unspecified atom stereocenters.